The monoisotopic (exact) mass is 342 g/mol. The molecule has 0 saturated carbocycles. The van der Waals surface area contributed by atoms with Crippen molar-refractivity contribution in [3.63, 3.8) is 0 Å². The fraction of sp³-hybridized carbons (Fsp3) is 0.176. The minimum atomic E-state index is -0.375. The number of furan rings is 1. The molecule has 0 atom stereocenters. The zero-order valence-corrected chi connectivity index (χ0v) is 14.3. The third-order valence-electron chi connectivity index (χ3n) is 3.32. The lowest BCUT2D eigenvalue weighted by Crippen LogP contribution is -2.12. The number of nitrogens with one attached hydrogen (secondary N) is 1. The van der Waals surface area contributed by atoms with Crippen LogP contribution in [0, 0.1) is 18.3 Å². The summed E-state index contributed by atoms with van der Waals surface area (Å²) in [6.45, 7) is 3.90. The number of hydrogen-bond donors (Lipinski definition) is 1. The van der Waals surface area contributed by atoms with Gasteiger partial charge in [-0.3, -0.25) is 4.79 Å². The van der Waals surface area contributed by atoms with E-state index in [-0.39, 0.29) is 11.1 Å². The predicted octanol–water partition coefficient (Wildman–Crippen LogP) is 4.66. The predicted molar refractivity (Wildman–Crippen MR) is 93.9 cm³/mol. The topological polar surface area (TPSA) is 69.8 Å². The number of thioether (sulfide) groups is 1. The van der Waals surface area contributed by atoms with Gasteiger partial charge in [-0.2, -0.15) is 5.26 Å². The summed E-state index contributed by atoms with van der Waals surface area (Å²) in [6, 6.07) is 9.63. The van der Waals surface area contributed by atoms with Crippen LogP contribution in [0.5, 0.6) is 0 Å². The van der Waals surface area contributed by atoms with E-state index in [1.54, 1.807) is 23.1 Å². The Kier molecular flexibility index (Phi) is 4.42. The average molecular weight is 342 g/mol. The SMILES string of the molecule is CCSc1oc(C)cc1-c1cc(-c2cccs2)[nH]c(=O)c1C#N. The van der Waals surface area contributed by atoms with Crippen molar-refractivity contribution in [2.75, 3.05) is 5.75 Å². The molecule has 3 aromatic rings. The van der Waals surface area contributed by atoms with Gasteiger partial charge in [-0.05, 0) is 36.3 Å². The number of thiophene rings is 1. The smallest absolute Gasteiger partial charge is 0.266 e. The standard InChI is InChI=1S/C17H14N2O2S2/c1-3-22-17-12(7-10(2)21-17)11-8-14(15-5-4-6-23-15)19-16(20)13(11)9-18/h4-8H,3H2,1-2H3,(H,19,20). The number of aromatic nitrogens is 1. The van der Waals surface area contributed by atoms with Gasteiger partial charge in [0.1, 0.15) is 17.4 Å². The molecule has 3 aromatic heterocycles. The third kappa shape index (κ3) is 2.98. The van der Waals surface area contributed by atoms with Gasteiger partial charge in [0.05, 0.1) is 10.6 Å². The molecule has 0 unspecified atom stereocenters. The van der Waals surface area contributed by atoms with Gasteiger partial charge in [0.2, 0.25) is 0 Å². The lowest BCUT2D eigenvalue weighted by Gasteiger charge is -2.06. The zero-order chi connectivity index (χ0) is 16.4. The summed E-state index contributed by atoms with van der Waals surface area (Å²) >= 11 is 3.10. The van der Waals surface area contributed by atoms with Crippen molar-refractivity contribution < 1.29 is 4.42 Å². The highest BCUT2D eigenvalue weighted by Gasteiger charge is 2.18. The second-order valence-electron chi connectivity index (χ2n) is 4.88. The molecule has 3 rings (SSSR count). The molecule has 1 N–H and O–H groups in total. The van der Waals surface area contributed by atoms with Crippen molar-refractivity contribution in [2.24, 2.45) is 0 Å². The fourth-order valence-corrected chi connectivity index (χ4v) is 3.84. The van der Waals surface area contributed by atoms with Gasteiger partial charge in [-0.1, -0.05) is 24.8 Å². The van der Waals surface area contributed by atoms with Gasteiger partial charge in [-0.15, -0.1) is 11.3 Å². The van der Waals surface area contributed by atoms with Crippen LogP contribution in [-0.2, 0) is 0 Å². The Hall–Kier alpha value is -2.23. The van der Waals surface area contributed by atoms with E-state index in [9.17, 15) is 10.1 Å². The molecule has 4 nitrogen and oxygen atoms in total. The van der Waals surface area contributed by atoms with Crippen molar-refractivity contribution in [3.8, 4) is 27.8 Å². The quantitative estimate of drug-likeness (QED) is 0.700. The van der Waals surface area contributed by atoms with Crippen LogP contribution in [-0.4, -0.2) is 10.7 Å². The van der Waals surface area contributed by atoms with Gasteiger partial charge >= 0.3 is 0 Å². The second-order valence-corrected chi connectivity index (χ2v) is 7.07. The first-order valence-corrected chi connectivity index (χ1v) is 8.95. The van der Waals surface area contributed by atoms with Crippen LogP contribution in [0.25, 0.3) is 21.7 Å². The van der Waals surface area contributed by atoms with Gasteiger partial charge < -0.3 is 9.40 Å². The van der Waals surface area contributed by atoms with Gasteiger partial charge in [0.25, 0.3) is 5.56 Å². The Bertz CT molecular complexity index is 931. The van der Waals surface area contributed by atoms with Gasteiger partial charge in [0.15, 0.2) is 5.09 Å². The maximum Gasteiger partial charge on any atom is 0.266 e. The van der Waals surface area contributed by atoms with E-state index in [0.29, 0.717) is 11.3 Å². The average Bonchev–Trinajstić information content (AvgIpc) is 3.16. The molecule has 0 saturated heterocycles. The molecular weight excluding hydrogens is 328 g/mol. The van der Waals surface area contributed by atoms with Crippen LogP contribution in [0.4, 0.5) is 0 Å². The molecule has 0 aliphatic rings. The number of nitriles is 1. The highest BCUT2D eigenvalue weighted by atomic mass is 32.2. The van der Waals surface area contributed by atoms with Crippen LogP contribution in [0.15, 0.2) is 43.9 Å². The summed E-state index contributed by atoms with van der Waals surface area (Å²) in [4.78, 5) is 16.1. The van der Waals surface area contributed by atoms with Crippen LogP contribution >= 0.6 is 23.1 Å². The largest absolute Gasteiger partial charge is 0.455 e. The second kappa shape index (κ2) is 6.49. The van der Waals surface area contributed by atoms with Crippen molar-refractivity contribution in [1.82, 2.24) is 4.98 Å². The number of H-pyrrole nitrogens is 1. The molecule has 3 heterocycles. The molecule has 0 bridgehead atoms. The molecule has 6 heteroatoms. The van der Waals surface area contributed by atoms with E-state index in [2.05, 4.69) is 4.98 Å². The summed E-state index contributed by atoms with van der Waals surface area (Å²) in [5.74, 6) is 1.61. The number of aromatic amines is 1. The summed E-state index contributed by atoms with van der Waals surface area (Å²) in [5.41, 5.74) is 1.87. The van der Waals surface area contributed by atoms with Crippen molar-refractivity contribution >= 4 is 23.1 Å². The van der Waals surface area contributed by atoms with Crippen LogP contribution in [0.1, 0.15) is 18.2 Å². The van der Waals surface area contributed by atoms with E-state index >= 15 is 0 Å². The first kappa shape index (κ1) is 15.7. The number of pyridine rings is 1. The minimum absolute atomic E-state index is 0.115. The normalized spacial score (nSPS) is 10.7. The van der Waals surface area contributed by atoms with Crippen molar-refractivity contribution in [3.05, 3.63) is 51.3 Å². The Morgan fingerprint density at radius 2 is 2.22 bits per heavy atom. The molecule has 0 aromatic carbocycles. The van der Waals surface area contributed by atoms with Crippen molar-refractivity contribution in [1.29, 1.82) is 5.26 Å². The summed E-state index contributed by atoms with van der Waals surface area (Å²) in [7, 11) is 0. The van der Waals surface area contributed by atoms with Crippen LogP contribution in [0.3, 0.4) is 0 Å². The summed E-state index contributed by atoms with van der Waals surface area (Å²) in [6.07, 6.45) is 0. The maximum absolute atomic E-state index is 12.3. The highest BCUT2D eigenvalue weighted by molar-refractivity contribution is 7.99. The molecule has 0 aliphatic heterocycles. The Labute approximate surface area is 141 Å². The van der Waals surface area contributed by atoms with E-state index in [4.69, 9.17) is 4.42 Å². The lowest BCUT2D eigenvalue weighted by atomic mass is 10.0. The fourth-order valence-electron chi connectivity index (χ4n) is 2.37. The van der Waals surface area contributed by atoms with E-state index < -0.39 is 0 Å². The first-order chi connectivity index (χ1) is 11.1. The van der Waals surface area contributed by atoms with E-state index in [0.717, 1.165) is 27.0 Å². The van der Waals surface area contributed by atoms with Crippen LogP contribution < -0.4 is 5.56 Å². The Morgan fingerprint density at radius 1 is 1.39 bits per heavy atom. The third-order valence-corrected chi connectivity index (χ3v) is 5.08. The van der Waals surface area contributed by atoms with Crippen LogP contribution in [0.2, 0.25) is 0 Å². The molecule has 116 valence electrons. The molecule has 0 aliphatic carbocycles. The van der Waals surface area contributed by atoms with E-state index in [1.165, 1.54) is 0 Å². The Morgan fingerprint density at radius 3 is 2.87 bits per heavy atom. The minimum Gasteiger partial charge on any atom is -0.455 e. The zero-order valence-electron chi connectivity index (χ0n) is 12.7. The first-order valence-electron chi connectivity index (χ1n) is 7.09. The van der Waals surface area contributed by atoms with E-state index in [1.807, 2.05) is 49.6 Å². The maximum atomic E-state index is 12.3. The summed E-state index contributed by atoms with van der Waals surface area (Å²) in [5, 5.41) is 12.1. The number of nitrogens with zero attached hydrogens (tertiary/aromatic N) is 1. The summed E-state index contributed by atoms with van der Waals surface area (Å²) < 4.78 is 5.72. The molecule has 0 fully saturated rings. The lowest BCUT2D eigenvalue weighted by molar-refractivity contribution is 0.450. The van der Waals surface area contributed by atoms with Gasteiger partial charge in [-0.25, -0.2) is 0 Å². The number of aryl methyl sites for hydroxylation is 1. The molecular formula is C17H14N2O2S2. The number of rotatable bonds is 4. The van der Waals surface area contributed by atoms with Crippen molar-refractivity contribution in [2.45, 2.75) is 18.9 Å². The van der Waals surface area contributed by atoms with Gasteiger partial charge in [0, 0.05) is 11.1 Å². The molecule has 23 heavy (non-hydrogen) atoms. The molecule has 0 radical (unpaired) electrons. The molecule has 0 amide bonds. The molecule has 0 spiro atoms. The highest BCUT2D eigenvalue weighted by Crippen LogP contribution is 2.36. The number of hydrogen-bond acceptors (Lipinski definition) is 5. The Balaban J connectivity index is 2.26.